The molecule has 0 aromatic heterocycles. The van der Waals surface area contributed by atoms with Crippen molar-refractivity contribution in [1.29, 1.82) is 0 Å². The van der Waals surface area contributed by atoms with Crippen molar-refractivity contribution in [2.75, 3.05) is 0 Å². The molecule has 0 aromatic rings. The molecule has 0 aliphatic carbocycles. The Bertz CT molecular complexity index is 232. The van der Waals surface area contributed by atoms with E-state index in [1.54, 1.807) is 6.92 Å². The molecule has 0 atom stereocenters. The lowest BCUT2D eigenvalue weighted by Crippen LogP contribution is -1.89. The van der Waals surface area contributed by atoms with Crippen molar-refractivity contribution in [3.05, 3.63) is 11.6 Å². The molecule has 0 spiro atoms. The third-order valence-corrected chi connectivity index (χ3v) is 1.92. The molecule has 80 valence electrons. The van der Waals surface area contributed by atoms with Crippen LogP contribution >= 0.6 is 0 Å². The predicted molar refractivity (Wildman–Crippen MR) is 57.4 cm³/mol. The van der Waals surface area contributed by atoms with Gasteiger partial charge in [-0.1, -0.05) is 16.8 Å². The highest BCUT2D eigenvalue weighted by Crippen LogP contribution is 2.05. The number of hydrogen-bond donors (Lipinski definition) is 2. The van der Waals surface area contributed by atoms with Gasteiger partial charge in [0.2, 0.25) is 0 Å². The van der Waals surface area contributed by atoms with E-state index in [1.165, 1.54) is 11.8 Å². The molecule has 4 heteroatoms. The Morgan fingerprint density at radius 1 is 1.14 bits per heavy atom. The quantitative estimate of drug-likeness (QED) is 0.298. The third kappa shape index (κ3) is 7.34. The fourth-order valence-corrected chi connectivity index (χ4v) is 1.03. The number of allylic oxidation sites excluding steroid dienone is 2. The average Bonchev–Trinajstić information content (AvgIpc) is 2.18. The summed E-state index contributed by atoms with van der Waals surface area (Å²) >= 11 is 0. The van der Waals surface area contributed by atoms with Gasteiger partial charge in [0.15, 0.2) is 0 Å². The molecule has 0 radical (unpaired) electrons. The summed E-state index contributed by atoms with van der Waals surface area (Å²) in [5.41, 5.74) is 2.00. The van der Waals surface area contributed by atoms with Crippen molar-refractivity contribution in [2.45, 2.75) is 39.5 Å². The van der Waals surface area contributed by atoms with E-state index in [9.17, 15) is 0 Å². The standard InChI is InChI=1S/C10H18N2O2/c1-9(6-4-8-11-13)5-3-7-10(2)12-14/h5,8,13-14H,3-4,6-7H2,1-2H3/b9-5-,11-8-,12-10-. The van der Waals surface area contributed by atoms with Gasteiger partial charge in [-0.05, 0) is 39.5 Å². The number of rotatable bonds is 6. The summed E-state index contributed by atoms with van der Waals surface area (Å²) in [5, 5.41) is 22.6. The van der Waals surface area contributed by atoms with Crippen molar-refractivity contribution in [3.63, 3.8) is 0 Å². The van der Waals surface area contributed by atoms with Crippen LogP contribution in [0.3, 0.4) is 0 Å². The Balaban J connectivity index is 3.66. The van der Waals surface area contributed by atoms with E-state index in [0.29, 0.717) is 0 Å². The molecule has 2 N–H and O–H groups in total. The van der Waals surface area contributed by atoms with Gasteiger partial charge in [0.25, 0.3) is 0 Å². The summed E-state index contributed by atoms with van der Waals surface area (Å²) in [6, 6.07) is 0. The Hall–Kier alpha value is -1.32. The van der Waals surface area contributed by atoms with Crippen LogP contribution in [0.4, 0.5) is 0 Å². The van der Waals surface area contributed by atoms with Gasteiger partial charge in [-0.15, -0.1) is 5.16 Å². The first-order valence-electron chi connectivity index (χ1n) is 4.69. The fraction of sp³-hybridized carbons (Fsp3) is 0.600. The summed E-state index contributed by atoms with van der Waals surface area (Å²) in [5.74, 6) is 0. The molecule has 0 bridgehead atoms. The molecule has 0 saturated heterocycles. The van der Waals surface area contributed by atoms with Crippen LogP contribution in [0.1, 0.15) is 39.5 Å². The molecule has 0 unspecified atom stereocenters. The third-order valence-electron chi connectivity index (χ3n) is 1.92. The zero-order valence-electron chi connectivity index (χ0n) is 8.77. The molecule has 0 rings (SSSR count). The Kier molecular flexibility index (Phi) is 7.50. The maximum absolute atomic E-state index is 8.40. The maximum Gasteiger partial charge on any atom is 0.0543 e. The first kappa shape index (κ1) is 12.7. The molecular weight excluding hydrogens is 180 g/mol. The largest absolute Gasteiger partial charge is 0.411 e. The molecule has 4 nitrogen and oxygen atoms in total. The second-order valence-electron chi connectivity index (χ2n) is 3.26. The molecule has 0 aromatic carbocycles. The molecule has 14 heavy (non-hydrogen) atoms. The normalized spacial score (nSPS) is 13.9. The zero-order valence-corrected chi connectivity index (χ0v) is 8.77. The second kappa shape index (κ2) is 8.29. The van der Waals surface area contributed by atoms with Crippen LogP contribution in [0.15, 0.2) is 22.0 Å². The van der Waals surface area contributed by atoms with Crippen molar-refractivity contribution in [1.82, 2.24) is 0 Å². The summed E-state index contributed by atoms with van der Waals surface area (Å²) < 4.78 is 0. The number of oxime groups is 2. The van der Waals surface area contributed by atoms with Crippen LogP contribution < -0.4 is 0 Å². The van der Waals surface area contributed by atoms with E-state index < -0.39 is 0 Å². The van der Waals surface area contributed by atoms with E-state index in [1.807, 2.05) is 6.92 Å². The topological polar surface area (TPSA) is 65.2 Å². The molecule has 0 fully saturated rings. The van der Waals surface area contributed by atoms with Crippen LogP contribution in [0, 0.1) is 0 Å². The first-order chi connectivity index (χ1) is 6.70. The highest BCUT2D eigenvalue weighted by Gasteiger charge is 1.92. The van der Waals surface area contributed by atoms with Gasteiger partial charge >= 0.3 is 0 Å². The lowest BCUT2D eigenvalue weighted by atomic mass is 10.1. The van der Waals surface area contributed by atoms with Crippen molar-refractivity contribution >= 4 is 11.9 Å². The van der Waals surface area contributed by atoms with Crippen LogP contribution in [0.25, 0.3) is 0 Å². The van der Waals surface area contributed by atoms with Gasteiger partial charge in [-0.25, -0.2) is 0 Å². The van der Waals surface area contributed by atoms with Gasteiger partial charge in [-0.3, -0.25) is 0 Å². The van der Waals surface area contributed by atoms with E-state index in [4.69, 9.17) is 10.4 Å². The maximum atomic E-state index is 8.40. The predicted octanol–water partition coefficient (Wildman–Crippen LogP) is 2.80. The van der Waals surface area contributed by atoms with E-state index in [2.05, 4.69) is 16.4 Å². The van der Waals surface area contributed by atoms with Gasteiger partial charge in [-0.2, -0.15) is 0 Å². The lowest BCUT2D eigenvalue weighted by Gasteiger charge is -1.98. The average molecular weight is 198 g/mol. The summed E-state index contributed by atoms with van der Waals surface area (Å²) in [4.78, 5) is 0. The van der Waals surface area contributed by atoms with Gasteiger partial charge in [0.05, 0.1) is 5.71 Å². The Labute approximate surface area is 84.6 Å². The highest BCUT2D eigenvalue weighted by molar-refractivity contribution is 5.81. The van der Waals surface area contributed by atoms with E-state index >= 15 is 0 Å². The summed E-state index contributed by atoms with van der Waals surface area (Å²) in [6.45, 7) is 3.83. The minimum absolute atomic E-state index is 0.742. The monoisotopic (exact) mass is 198 g/mol. The SMILES string of the molecule is C/C(=C/CC/C(C)=N\O)CC/C=N\O. The van der Waals surface area contributed by atoms with Gasteiger partial charge in [0, 0.05) is 6.21 Å². The Morgan fingerprint density at radius 2 is 1.86 bits per heavy atom. The Morgan fingerprint density at radius 3 is 2.43 bits per heavy atom. The second-order valence-corrected chi connectivity index (χ2v) is 3.26. The van der Waals surface area contributed by atoms with Crippen molar-refractivity contribution in [2.24, 2.45) is 10.3 Å². The molecule has 0 saturated carbocycles. The molecular formula is C10H18N2O2. The van der Waals surface area contributed by atoms with Crippen molar-refractivity contribution < 1.29 is 10.4 Å². The van der Waals surface area contributed by atoms with E-state index in [-0.39, 0.29) is 0 Å². The first-order valence-corrected chi connectivity index (χ1v) is 4.69. The van der Waals surface area contributed by atoms with Gasteiger partial charge < -0.3 is 10.4 Å². The zero-order chi connectivity index (χ0) is 10.8. The fourth-order valence-electron chi connectivity index (χ4n) is 1.03. The van der Waals surface area contributed by atoms with Crippen LogP contribution in [0.2, 0.25) is 0 Å². The number of hydrogen-bond acceptors (Lipinski definition) is 4. The van der Waals surface area contributed by atoms with Crippen LogP contribution in [-0.2, 0) is 0 Å². The summed E-state index contributed by atoms with van der Waals surface area (Å²) in [6.07, 6.45) is 6.92. The highest BCUT2D eigenvalue weighted by atomic mass is 16.4. The molecule has 0 aliphatic rings. The summed E-state index contributed by atoms with van der Waals surface area (Å²) in [7, 11) is 0. The molecule has 0 amide bonds. The van der Waals surface area contributed by atoms with E-state index in [0.717, 1.165) is 31.4 Å². The lowest BCUT2D eigenvalue weighted by molar-refractivity contribution is 0.317. The number of nitrogens with zero attached hydrogens (tertiary/aromatic N) is 2. The minimum atomic E-state index is 0.742. The van der Waals surface area contributed by atoms with Crippen LogP contribution in [-0.4, -0.2) is 22.3 Å². The minimum Gasteiger partial charge on any atom is -0.411 e. The van der Waals surface area contributed by atoms with Crippen molar-refractivity contribution in [3.8, 4) is 0 Å². The molecule has 0 aliphatic heterocycles. The smallest absolute Gasteiger partial charge is 0.0543 e. The molecule has 0 heterocycles. The van der Waals surface area contributed by atoms with Crippen LogP contribution in [0.5, 0.6) is 0 Å². The van der Waals surface area contributed by atoms with Gasteiger partial charge in [0.1, 0.15) is 0 Å².